The summed E-state index contributed by atoms with van der Waals surface area (Å²) in [4.78, 5) is 13.1. The normalized spacial score (nSPS) is 16.9. The van der Waals surface area contributed by atoms with E-state index >= 15 is 0 Å². The molecule has 0 unspecified atom stereocenters. The van der Waals surface area contributed by atoms with E-state index in [0.29, 0.717) is 18.8 Å². The van der Waals surface area contributed by atoms with Crippen LogP contribution >= 0.6 is 11.6 Å². The minimum atomic E-state index is -0.469. The minimum Gasteiger partial charge on any atom is -0.310 e. The topological polar surface area (TPSA) is 32.3 Å². The second-order valence-corrected chi connectivity index (χ2v) is 3.73. The number of benzene rings is 1. The van der Waals surface area contributed by atoms with Gasteiger partial charge in [-0.25, -0.2) is 4.39 Å². The van der Waals surface area contributed by atoms with Gasteiger partial charge in [-0.1, -0.05) is 11.6 Å². The van der Waals surface area contributed by atoms with Gasteiger partial charge in [0.05, 0.1) is 11.6 Å². The lowest BCUT2D eigenvalue weighted by Crippen LogP contribution is -2.48. The van der Waals surface area contributed by atoms with Gasteiger partial charge in [-0.2, -0.15) is 0 Å². The first-order valence-electron chi connectivity index (χ1n) is 4.64. The van der Waals surface area contributed by atoms with Gasteiger partial charge in [-0.05, 0) is 18.2 Å². The first kappa shape index (κ1) is 10.4. The molecule has 0 saturated carbocycles. The van der Waals surface area contributed by atoms with Crippen molar-refractivity contribution in [3.63, 3.8) is 0 Å². The number of carbonyl (C=O) groups is 1. The lowest BCUT2D eigenvalue weighted by atomic mass is 10.2. The van der Waals surface area contributed by atoms with Crippen molar-refractivity contribution in [2.45, 2.75) is 0 Å². The molecule has 0 bridgehead atoms. The zero-order valence-corrected chi connectivity index (χ0v) is 8.72. The molecule has 1 amide bonds. The Morgan fingerprint density at radius 2 is 2.27 bits per heavy atom. The Bertz CT molecular complexity index is 397. The number of hydrogen-bond donors (Lipinski definition) is 1. The molecule has 0 aromatic heterocycles. The molecule has 1 saturated heterocycles. The summed E-state index contributed by atoms with van der Waals surface area (Å²) in [5.74, 6) is -0.494. The van der Waals surface area contributed by atoms with Crippen molar-refractivity contribution in [3.05, 3.63) is 29.0 Å². The van der Waals surface area contributed by atoms with Crippen molar-refractivity contribution >= 4 is 23.2 Å². The summed E-state index contributed by atoms with van der Waals surface area (Å²) in [5, 5.41) is 3.00. The Balaban J connectivity index is 2.28. The summed E-state index contributed by atoms with van der Waals surface area (Å²) in [6.07, 6.45) is 0. The summed E-state index contributed by atoms with van der Waals surface area (Å²) in [6.45, 7) is 1.64. The number of anilines is 1. The fourth-order valence-corrected chi connectivity index (χ4v) is 1.71. The Hall–Kier alpha value is -1.13. The molecule has 1 aliphatic rings. The van der Waals surface area contributed by atoms with Gasteiger partial charge >= 0.3 is 0 Å². The molecule has 5 heteroatoms. The predicted octanol–water partition coefficient (Wildman–Crippen LogP) is 1.42. The van der Waals surface area contributed by atoms with Gasteiger partial charge in [0.25, 0.3) is 0 Å². The van der Waals surface area contributed by atoms with Crippen molar-refractivity contribution in [2.24, 2.45) is 0 Å². The summed E-state index contributed by atoms with van der Waals surface area (Å²) >= 11 is 5.65. The van der Waals surface area contributed by atoms with Crippen LogP contribution in [0.15, 0.2) is 18.2 Å². The van der Waals surface area contributed by atoms with Crippen LogP contribution in [0.1, 0.15) is 0 Å². The Labute approximate surface area is 91.8 Å². The van der Waals surface area contributed by atoms with Gasteiger partial charge in [0.15, 0.2) is 0 Å². The van der Waals surface area contributed by atoms with E-state index in [0.717, 1.165) is 6.54 Å². The van der Waals surface area contributed by atoms with E-state index in [9.17, 15) is 9.18 Å². The molecule has 1 heterocycles. The fourth-order valence-electron chi connectivity index (χ4n) is 1.53. The number of halogens is 2. The molecule has 1 fully saturated rings. The van der Waals surface area contributed by atoms with Gasteiger partial charge in [-0.15, -0.1) is 0 Å². The molecular weight excluding hydrogens is 219 g/mol. The monoisotopic (exact) mass is 228 g/mol. The van der Waals surface area contributed by atoms with Crippen molar-refractivity contribution in [1.82, 2.24) is 5.32 Å². The van der Waals surface area contributed by atoms with Gasteiger partial charge in [0.2, 0.25) is 5.91 Å². The number of hydrogen-bond acceptors (Lipinski definition) is 2. The zero-order chi connectivity index (χ0) is 10.8. The maximum absolute atomic E-state index is 12.9. The molecule has 0 spiro atoms. The van der Waals surface area contributed by atoms with E-state index in [1.807, 2.05) is 0 Å². The molecule has 1 N–H and O–H groups in total. The number of carbonyl (C=O) groups excluding carboxylic acids is 1. The summed E-state index contributed by atoms with van der Waals surface area (Å²) in [6, 6.07) is 4.30. The molecule has 1 aromatic rings. The SMILES string of the molecule is O=C1CNCCN1c1ccc(F)c(Cl)c1. The van der Waals surface area contributed by atoms with Crippen LogP contribution in [0.3, 0.4) is 0 Å². The number of nitrogens with zero attached hydrogens (tertiary/aromatic N) is 1. The van der Waals surface area contributed by atoms with E-state index in [1.165, 1.54) is 12.1 Å². The largest absolute Gasteiger partial charge is 0.310 e. The average molecular weight is 229 g/mol. The molecule has 15 heavy (non-hydrogen) atoms. The van der Waals surface area contributed by atoms with Gasteiger partial charge < -0.3 is 10.2 Å². The first-order valence-corrected chi connectivity index (χ1v) is 5.02. The average Bonchev–Trinajstić information content (AvgIpc) is 2.23. The van der Waals surface area contributed by atoms with Gasteiger partial charge in [0, 0.05) is 18.8 Å². The smallest absolute Gasteiger partial charge is 0.240 e. The second kappa shape index (κ2) is 4.16. The number of rotatable bonds is 1. The Morgan fingerprint density at radius 1 is 1.47 bits per heavy atom. The van der Waals surface area contributed by atoms with Crippen molar-refractivity contribution in [3.8, 4) is 0 Å². The number of nitrogens with one attached hydrogen (secondary N) is 1. The third kappa shape index (κ3) is 2.11. The molecule has 80 valence electrons. The number of piperazine rings is 1. The van der Waals surface area contributed by atoms with Crippen LogP contribution < -0.4 is 10.2 Å². The Kier molecular flexibility index (Phi) is 2.88. The molecule has 0 aliphatic carbocycles. The zero-order valence-electron chi connectivity index (χ0n) is 7.96. The lowest BCUT2D eigenvalue weighted by molar-refractivity contribution is -0.118. The standard InChI is InChI=1S/C10H10ClFN2O/c11-8-5-7(1-2-9(8)12)14-4-3-13-6-10(14)15/h1-2,5,13H,3-4,6H2. The third-order valence-electron chi connectivity index (χ3n) is 2.30. The molecule has 1 aromatic carbocycles. The quantitative estimate of drug-likeness (QED) is 0.789. The van der Waals surface area contributed by atoms with Crippen molar-refractivity contribution in [1.29, 1.82) is 0 Å². The summed E-state index contributed by atoms with van der Waals surface area (Å²) in [7, 11) is 0. The van der Waals surface area contributed by atoms with Crippen LogP contribution in [0.2, 0.25) is 5.02 Å². The van der Waals surface area contributed by atoms with Crippen molar-refractivity contribution in [2.75, 3.05) is 24.5 Å². The second-order valence-electron chi connectivity index (χ2n) is 3.32. The van der Waals surface area contributed by atoms with E-state index in [4.69, 9.17) is 11.6 Å². The van der Waals surface area contributed by atoms with E-state index in [1.54, 1.807) is 11.0 Å². The van der Waals surface area contributed by atoms with Crippen LogP contribution in [-0.4, -0.2) is 25.5 Å². The fraction of sp³-hybridized carbons (Fsp3) is 0.300. The predicted molar refractivity (Wildman–Crippen MR) is 56.6 cm³/mol. The van der Waals surface area contributed by atoms with Crippen LogP contribution in [0, 0.1) is 5.82 Å². The highest BCUT2D eigenvalue weighted by atomic mass is 35.5. The summed E-state index contributed by atoms with van der Waals surface area (Å²) < 4.78 is 12.9. The van der Waals surface area contributed by atoms with Crippen LogP contribution in [-0.2, 0) is 4.79 Å². The highest BCUT2D eigenvalue weighted by Gasteiger charge is 2.19. The molecule has 0 atom stereocenters. The van der Waals surface area contributed by atoms with E-state index in [-0.39, 0.29) is 10.9 Å². The highest BCUT2D eigenvalue weighted by Crippen LogP contribution is 2.23. The van der Waals surface area contributed by atoms with E-state index < -0.39 is 5.82 Å². The lowest BCUT2D eigenvalue weighted by Gasteiger charge is -2.27. The third-order valence-corrected chi connectivity index (χ3v) is 2.59. The van der Waals surface area contributed by atoms with Gasteiger partial charge in [0.1, 0.15) is 5.82 Å². The molecule has 0 radical (unpaired) electrons. The first-order chi connectivity index (χ1) is 7.18. The van der Waals surface area contributed by atoms with Crippen LogP contribution in [0.5, 0.6) is 0 Å². The number of amides is 1. The molecular formula is C10H10ClFN2O. The minimum absolute atomic E-state index is 0.0241. The molecule has 2 rings (SSSR count). The molecule has 3 nitrogen and oxygen atoms in total. The maximum Gasteiger partial charge on any atom is 0.240 e. The van der Waals surface area contributed by atoms with Gasteiger partial charge in [-0.3, -0.25) is 4.79 Å². The Morgan fingerprint density at radius 3 is 2.93 bits per heavy atom. The molecule has 1 aliphatic heterocycles. The maximum atomic E-state index is 12.9. The summed E-state index contributed by atoms with van der Waals surface area (Å²) in [5.41, 5.74) is 0.646. The van der Waals surface area contributed by atoms with E-state index in [2.05, 4.69) is 5.32 Å². The van der Waals surface area contributed by atoms with Crippen LogP contribution in [0.4, 0.5) is 10.1 Å². The van der Waals surface area contributed by atoms with Crippen LogP contribution in [0.25, 0.3) is 0 Å². The highest BCUT2D eigenvalue weighted by molar-refractivity contribution is 6.31. The van der Waals surface area contributed by atoms with Crippen molar-refractivity contribution < 1.29 is 9.18 Å².